The van der Waals surface area contributed by atoms with Crippen LogP contribution in [0.5, 0.6) is 0 Å². The van der Waals surface area contributed by atoms with E-state index in [2.05, 4.69) is 21.0 Å². The van der Waals surface area contributed by atoms with Gasteiger partial charge >= 0.3 is 0 Å². The first kappa shape index (κ1) is 18.7. The summed E-state index contributed by atoms with van der Waals surface area (Å²) in [4.78, 5) is 14.4. The number of nitrogens with zero attached hydrogens (tertiary/aromatic N) is 7. The SMILES string of the molecule is C[C@@H](c1cc2ncc(Cl)n2nc1-c1ccccc1)N(C)c1ncnc(N)c1C#N. The van der Waals surface area contributed by atoms with Gasteiger partial charge in [-0.3, -0.25) is 0 Å². The summed E-state index contributed by atoms with van der Waals surface area (Å²) < 4.78 is 1.60. The van der Waals surface area contributed by atoms with Gasteiger partial charge in [0.15, 0.2) is 16.6 Å². The van der Waals surface area contributed by atoms with Crippen molar-refractivity contribution >= 4 is 28.9 Å². The molecule has 144 valence electrons. The molecule has 0 aliphatic rings. The Bertz CT molecular complexity index is 1230. The first-order valence-corrected chi connectivity index (χ1v) is 9.22. The fourth-order valence-corrected chi connectivity index (χ4v) is 3.37. The predicted octanol–water partition coefficient (Wildman–Crippen LogP) is 3.49. The van der Waals surface area contributed by atoms with Gasteiger partial charge in [-0.15, -0.1) is 0 Å². The topological polar surface area (TPSA) is 109 Å². The molecule has 4 aromatic rings. The van der Waals surface area contributed by atoms with Gasteiger partial charge in [0.2, 0.25) is 0 Å². The number of nitriles is 1. The summed E-state index contributed by atoms with van der Waals surface area (Å²) in [6.45, 7) is 2.00. The summed E-state index contributed by atoms with van der Waals surface area (Å²) in [5.41, 5.74) is 9.35. The second kappa shape index (κ2) is 7.37. The molecule has 3 heterocycles. The molecule has 0 saturated heterocycles. The summed E-state index contributed by atoms with van der Waals surface area (Å²) >= 11 is 6.24. The number of rotatable bonds is 4. The first-order valence-electron chi connectivity index (χ1n) is 8.84. The number of aromatic nitrogens is 5. The highest BCUT2D eigenvalue weighted by Gasteiger charge is 2.23. The Morgan fingerprint density at radius 2 is 1.97 bits per heavy atom. The van der Waals surface area contributed by atoms with E-state index in [1.807, 2.05) is 55.3 Å². The van der Waals surface area contributed by atoms with Crippen LogP contribution in [-0.2, 0) is 0 Å². The zero-order valence-corrected chi connectivity index (χ0v) is 16.5. The second-order valence-corrected chi connectivity index (χ2v) is 6.91. The van der Waals surface area contributed by atoms with E-state index in [4.69, 9.17) is 22.4 Å². The molecule has 0 fully saturated rings. The second-order valence-electron chi connectivity index (χ2n) is 6.52. The third-order valence-electron chi connectivity index (χ3n) is 4.86. The van der Waals surface area contributed by atoms with Crippen LogP contribution in [0.4, 0.5) is 11.6 Å². The molecule has 0 amide bonds. The highest BCUT2D eigenvalue weighted by Crippen LogP contribution is 2.33. The van der Waals surface area contributed by atoms with Gasteiger partial charge in [0.25, 0.3) is 0 Å². The summed E-state index contributed by atoms with van der Waals surface area (Å²) in [6, 6.07) is 13.7. The molecule has 29 heavy (non-hydrogen) atoms. The fraction of sp³-hybridized carbons (Fsp3) is 0.150. The molecule has 0 aliphatic carbocycles. The van der Waals surface area contributed by atoms with Crippen molar-refractivity contribution in [3.63, 3.8) is 0 Å². The molecular formula is C20H17ClN8. The van der Waals surface area contributed by atoms with Crippen molar-refractivity contribution in [2.45, 2.75) is 13.0 Å². The van der Waals surface area contributed by atoms with E-state index in [9.17, 15) is 5.26 Å². The van der Waals surface area contributed by atoms with Crippen LogP contribution >= 0.6 is 11.6 Å². The van der Waals surface area contributed by atoms with Gasteiger partial charge < -0.3 is 10.6 Å². The summed E-state index contributed by atoms with van der Waals surface area (Å²) in [7, 11) is 1.85. The van der Waals surface area contributed by atoms with Crippen molar-refractivity contribution in [2.24, 2.45) is 0 Å². The van der Waals surface area contributed by atoms with Gasteiger partial charge in [0.1, 0.15) is 23.8 Å². The van der Waals surface area contributed by atoms with E-state index in [-0.39, 0.29) is 17.4 Å². The van der Waals surface area contributed by atoms with Crippen LogP contribution in [0.15, 0.2) is 48.9 Å². The van der Waals surface area contributed by atoms with Gasteiger partial charge in [-0.2, -0.15) is 10.4 Å². The van der Waals surface area contributed by atoms with Crippen molar-refractivity contribution in [2.75, 3.05) is 17.7 Å². The van der Waals surface area contributed by atoms with Crippen LogP contribution in [-0.4, -0.2) is 31.6 Å². The van der Waals surface area contributed by atoms with E-state index in [1.54, 1.807) is 10.7 Å². The molecule has 8 nitrogen and oxygen atoms in total. The van der Waals surface area contributed by atoms with E-state index in [0.717, 1.165) is 16.8 Å². The molecule has 4 rings (SSSR count). The van der Waals surface area contributed by atoms with Gasteiger partial charge in [0, 0.05) is 18.2 Å². The average molecular weight is 405 g/mol. The largest absolute Gasteiger partial charge is 0.382 e. The van der Waals surface area contributed by atoms with Crippen molar-refractivity contribution in [3.05, 3.63) is 65.2 Å². The minimum absolute atomic E-state index is 0.147. The number of hydrogen-bond donors (Lipinski definition) is 1. The zero-order valence-electron chi connectivity index (χ0n) is 15.8. The molecule has 0 unspecified atom stereocenters. The molecule has 1 atom stereocenters. The molecule has 0 bridgehead atoms. The van der Waals surface area contributed by atoms with Gasteiger partial charge in [-0.1, -0.05) is 41.9 Å². The number of hydrogen-bond acceptors (Lipinski definition) is 7. The lowest BCUT2D eigenvalue weighted by Gasteiger charge is -2.28. The maximum atomic E-state index is 9.50. The normalized spacial score (nSPS) is 11.9. The van der Waals surface area contributed by atoms with Crippen molar-refractivity contribution < 1.29 is 0 Å². The monoisotopic (exact) mass is 404 g/mol. The van der Waals surface area contributed by atoms with Crippen LogP contribution in [0.1, 0.15) is 24.1 Å². The maximum Gasteiger partial charge on any atom is 0.155 e. The molecule has 0 radical (unpaired) electrons. The molecule has 0 spiro atoms. The number of imidazole rings is 1. The first-order chi connectivity index (χ1) is 14.0. The van der Waals surface area contributed by atoms with E-state index >= 15 is 0 Å². The van der Waals surface area contributed by atoms with Gasteiger partial charge in [-0.25, -0.2) is 19.5 Å². The summed E-state index contributed by atoms with van der Waals surface area (Å²) in [6.07, 6.45) is 2.92. The van der Waals surface area contributed by atoms with Crippen molar-refractivity contribution in [3.8, 4) is 17.3 Å². The Morgan fingerprint density at radius 3 is 2.69 bits per heavy atom. The summed E-state index contributed by atoms with van der Waals surface area (Å²) in [5, 5.41) is 14.7. The Hall–Kier alpha value is -3.70. The molecule has 1 aromatic carbocycles. The van der Waals surface area contributed by atoms with Gasteiger partial charge in [0.05, 0.1) is 17.9 Å². The number of halogens is 1. The lowest BCUT2D eigenvalue weighted by Crippen LogP contribution is -2.25. The molecule has 2 N–H and O–H groups in total. The predicted molar refractivity (Wildman–Crippen MR) is 111 cm³/mol. The van der Waals surface area contributed by atoms with Crippen molar-refractivity contribution in [1.82, 2.24) is 24.6 Å². The summed E-state index contributed by atoms with van der Waals surface area (Å²) in [5.74, 6) is 0.598. The molecule has 0 saturated carbocycles. The third kappa shape index (κ3) is 3.22. The number of nitrogen functional groups attached to an aromatic ring is 1. The van der Waals surface area contributed by atoms with E-state index in [0.29, 0.717) is 16.6 Å². The fourth-order valence-electron chi connectivity index (χ4n) is 3.20. The van der Waals surface area contributed by atoms with E-state index in [1.165, 1.54) is 6.33 Å². The average Bonchev–Trinajstić information content (AvgIpc) is 3.12. The molecule has 0 aliphatic heterocycles. The Balaban J connectivity index is 1.89. The van der Waals surface area contributed by atoms with Crippen LogP contribution in [0, 0.1) is 11.3 Å². The molecule has 3 aromatic heterocycles. The third-order valence-corrected chi connectivity index (χ3v) is 5.12. The number of benzene rings is 1. The minimum Gasteiger partial charge on any atom is -0.382 e. The Morgan fingerprint density at radius 1 is 1.21 bits per heavy atom. The Kier molecular flexibility index (Phi) is 4.74. The lowest BCUT2D eigenvalue weighted by molar-refractivity contribution is 0.719. The maximum absolute atomic E-state index is 9.50. The highest BCUT2D eigenvalue weighted by atomic mass is 35.5. The van der Waals surface area contributed by atoms with Gasteiger partial charge in [-0.05, 0) is 13.0 Å². The van der Waals surface area contributed by atoms with Crippen LogP contribution in [0.2, 0.25) is 5.15 Å². The minimum atomic E-state index is -0.195. The zero-order chi connectivity index (χ0) is 20.5. The van der Waals surface area contributed by atoms with Crippen LogP contribution in [0.3, 0.4) is 0 Å². The number of fused-ring (bicyclic) bond motifs is 1. The standard InChI is InChI=1S/C20H17ClN8/c1-12(28(2)20-15(9-22)19(23)25-11-26-20)14-8-17-24-10-16(21)29(17)27-18(14)13-6-4-3-5-7-13/h3-8,10-12H,1-2H3,(H2,23,25,26)/t12-/m0/s1. The highest BCUT2D eigenvalue weighted by molar-refractivity contribution is 6.29. The molecular weight excluding hydrogens is 388 g/mol. The quantitative estimate of drug-likeness (QED) is 0.554. The van der Waals surface area contributed by atoms with E-state index < -0.39 is 0 Å². The van der Waals surface area contributed by atoms with Crippen molar-refractivity contribution in [1.29, 1.82) is 5.26 Å². The molecule has 9 heteroatoms. The smallest absolute Gasteiger partial charge is 0.155 e. The Labute approximate surface area is 172 Å². The number of anilines is 2. The lowest BCUT2D eigenvalue weighted by atomic mass is 10.0. The van der Waals surface area contributed by atoms with Crippen LogP contribution < -0.4 is 10.6 Å². The number of nitrogens with two attached hydrogens (primary N) is 1. The van der Waals surface area contributed by atoms with Crippen LogP contribution in [0.25, 0.3) is 16.9 Å².